The summed E-state index contributed by atoms with van der Waals surface area (Å²) in [6.45, 7) is 1.97. The summed E-state index contributed by atoms with van der Waals surface area (Å²) in [5.41, 5.74) is 12.2. The van der Waals surface area contributed by atoms with Crippen molar-refractivity contribution in [2.75, 3.05) is 0 Å². The van der Waals surface area contributed by atoms with Gasteiger partial charge in [-0.25, -0.2) is 4.98 Å². The Kier molecular flexibility index (Phi) is 7.39. The van der Waals surface area contributed by atoms with Crippen molar-refractivity contribution in [1.82, 2.24) is 19.9 Å². The van der Waals surface area contributed by atoms with Crippen LogP contribution in [0, 0.1) is 6.92 Å². The van der Waals surface area contributed by atoms with Gasteiger partial charge in [-0.2, -0.15) is 8.42 Å². The topological polar surface area (TPSA) is 172 Å². The molecule has 10 nitrogen and oxygen atoms in total. The average Bonchev–Trinajstić information content (AvgIpc) is 3.26. The lowest BCUT2D eigenvalue weighted by atomic mass is 10.1. The number of aromatic nitrogens is 4. The quantitative estimate of drug-likeness (QED) is 0.253. The molecule has 0 radical (unpaired) electrons. The van der Waals surface area contributed by atoms with Crippen molar-refractivity contribution in [3.63, 3.8) is 0 Å². The van der Waals surface area contributed by atoms with Gasteiger partial charge in [0.1, 0.15) is 5.82 Å². The monoisotopic (exact) mass is 517 g/mol. The van der Waals surface area contributed by atoms with Gasteiger partial charge in [-0.1, -0.05) is 30.3 Å². The summed E-state index contributed by atoms with van der Waals surface area (Å²) in [6, 6.07) is 23.3. The predicted octanol–water partition coefficient (Wildman–Crippen LogP) is 4.03. The standard InChI is InChI=1S/C26H21N5O.H2O4S/c1-16-5-2-9-22(29-16)25-24(19-10-11-21-18(15-19)8-4-12-28-21)30-23(31-25)14-17-6-3-7-20(13-17)26(27)32;1-5(2,3)4/h2-13,15H,14H2,1H3,(H2,27,32)(H,30,31);(H2,1,2,3,4). The molecule has 1 amide bonds. The van der Waals surface area contributed by atoms with Crippen LogP contribution < -0.4 is 5.73 Å². The van der Waals surface area contributed by atoms with Crippen LogP contribution in [0.5, 0.6) is 0 Å². The summed E-state index contributed by atoms with van der Waals surface area (Å²) in [6.07, 6.45) is 2.33. The fourth-order valence-electron chi connectivity index (χ4n) is 3.83. The third-order valence-corrected chi connectivity index (χ3v) is 5.36. The smallest absolute Gasteiger partial charge is 0.366 e. The van der Waals surface area contributed by atoms with Crippen LogP contribution in [0.15, 0.2) is 79.0 Å². The number of benzene rings is 2. The third kappa shape index (κ3) is 6.82. The number of hydrogen-bond donors (Lipinski definition) is 4. The second-order valence-electron chi connectivity index (χ2n) is 8.17. The maximum Gasteiger partial charge on any atom is 0.394 e. The molecule has 37 heavy (non-hydrogen) atoms. The number of primary amides is 1. The van der Waals surface area contributed by atoms with E-state index in [0.29, 0.717) is 12.0 Å². The Labute approximate surface area is 212 Å². The lowest BCUT2D eigenvalue weighted by Crippen LogP contribution is -2.11. The van der Waals surface area contributed by atoms with E-state index in [-0.39, 0.29) is 0 Å². The molecule has 188 valence electrons. The van der Waals surface area contributed by atoms with Crippen molar-refractivity contribution in [2.24, 2.45) is 5.73 Å². The van der Waals surface area contributed by atoms with Gasteiger partial charge in [0.2, 0.25) is 5.91 Å². The van der Waals surface area contributed by atoms with Gasteiger partial charge < -0.3 is 10.7 Å². The van der Waals surface area contributed by atoms with E-state index in [9.17, 15) is 4.79 Å². The van der Waals surface area contributed by atoms with Crippen molar-refractivity contribution in [3.05, 3.63) is 102 Å². The minimum absolute atomic E-state index is 0.443. The molecule has 0 atom stereocenters. The molecular weight excluding hydrogens is 494 g/mol. The highest BCUT2D eigenvalue weighted by Gasteiger charge is 2.16. The van der Waals surface area contributed by atoms with Gasteiger partial charge in [0.15, 0.2) is 0 Å². The Morgan fingerprint density at radius 2 is 1.73 bits per heavy atom. The molecule has 0 aliphatic heterocycles. The minimum Gasteiger partial charge on any atom is -0.366 e. The number of amides is 1. The molecule has 3 aromatic heterocycles. The molecule has 0 spiro atoms. The summed E-state index contributed by atoms with van der Waals surface area (Å²) >= 11 is 0. The fraction of sp³-hybridized carbons (Fsp3) is 0.0769. The summed E-state index contributed by atoms with van der Waals surface area (Å²) in [5, 5.41) is 1.05. The number of carbonyl (C=O) groups is 1. The molecule has 0 saturated carbocycles. The van der Waals surface area contributed by atoms with Gasteiger partial charge in [0, 0.05) is 34.8 Å². The number of carbonyl (C=O) groups excluding carboxylic acids is 1. The normalized spacial score (nSPS) is 11.1. The molecule has 5 N–H and O–H groups in total. The zero-order valence-electron chi connectivity index (χ0n) is 19.7. The first-order chi connectivity index (χ1) is 17.6. The molecule has 0 saturated heterocycles. The zero-order chi connectivity index (χ0) is 26.6. The highest BCUT2D eigenvalue weighted by atomic mass is 32.3. The highest BCUT2D eigenvalue weighted by Crippen LogP contribution is 2.31. The van der Waals surface area contributed by atoms with Gasteiger partial charge in [0.25, 0.3) is 0 Å². The largest absolute Gasteiger partial charge is 0.394 e. The number of fused-ring (bicyclic) bond motifs is 1. The minimum atomic E-state index is -4.67. The van der Waals surface area contributed by atoms with E-state index in [1.807, 2.05) is 61.5 Å². The van der Waals surface area contributed by atoms with E-state index in [0.717, 1.165) is 50.6 Å². The van der Waals surface area contributed by atoms with Crippen LogP contribution in [-0.4, -0.2) is 43.4 Å². The Hall–Kier alpha value is -4.45. The molecule has 0 aliphatic carbocycles. The maximum atomic E-state index is 11.6. The maximum absolute atomic E-state index is 11.6. The molecule has 2 aromatic carbocycles. The molecule has 5 aromatic rings. The second kappa shape index (κ2) is 10.7. The average molecular weight is 518 g/mol. The fourth-order valence-corrected chi connectivity index (χ4v) is 3.83. The van der Waals surface area contributed by atoms with Crippen molar-refractivity contribution < 1.29 is 22.3 Å². The lowest BCUT2D eigenvalue weighted by Gasteiger charge is -2.05. The summed E-state index contributed by atoms with van der Waals surface area (Å²) in [5.74, 6) is 0.340. The zero-order valence-corrected chi connectivity index (χ0v) is 20.5. The highest BCUT2D eigenvalue weighted by molar-refractivity contribution is 7.79. The van der Waals surface area contributed by atoms with Crippen molar-refractivity contribution >= 4 is 27.2 Å². The second-order valence-corrected chi connectivity index (χ2v) is 9.07. The first-order valence-electron chi connectivity index (χ1n) is 11.0. The van der Waals surface area contributed by atoms with Gasteiger partial charge in [-0.05, 0) is 55.0 Å². The first kappa shape index (κ1) is 25.6. The SMILES string of the molecule is Cc1cccc(-c2[nH]c(Cc3cccc(C(N)=O)c3)nc2-c2ccc3ncccc3c2)n1.O=S(=O)(O)O. The van der Waals surface area contributed by atoms with Gasteiger partial charge in [-0.15, -0.1) is 0 Å². The lowest BCUT2D eigenvalue weighted by molar-refractivity contribution is 0.1000. The Balaban J connectivity index is 0.000000586. The number of pyridine rings is 2. The third-order valence-electron chi connectivity index (χ3n) is 5.36. The summed E-state index contributed by atoms with van der Waals surface area (Å²) in [4.78, 5) is 29.1. The Morgan fingerprint density at radius 3 is 2.46 bits per heavy atom. The van der Waals surface area contributed by atoms with E-state index in [1.54, 1.807) is 18.3 Å². The van der Waals surface area contributed by atoms with E-state index < -0.39 is 16.3 Å². The number of nitrogens with zero attached hydrogens (tertiary/aromatic N) is 3. The Morgan fingerprint density at radius 1 is 0.973 bits per heavy atom. The van der Waals surface area contributed by atoms with Crippen molar-refractivity contribution in [2.45, 2.75) is 13.3 Å². The van der Waals surface area contributed by atoms with Crippen LogP contribution in [0.2, 0.25) is 0 Å². The molecule has 3 heterocycles. The number of rotatable bonds is 5. The van der Waals surface area contributed by atoms with Crippen LogP contribution in [0.25, 0.3) is 33.5 Å². The van der Waals surface area contributed by atoms with E-state index in [2.05, 4.69) is 16.0 Å². The number of nitrogens with one attached hydrogen (secondary N) is 1. The number of hydrogen-bond acceptors (Lipinski definition) is 6. The number of aryl methyl sites for hydroxylation is 1. The Bertz CT molecular complexity index is 1690. The summed E-state index contributed by atoms with van der Waals surface area (Å²) < 4.78 is 31.6. The number of H-pyrrole nitrogens is 1. The van der Waals surface area contributed by atoms with Crippen LogP contribution in [0.3, 0.4) is 0 Å². The predicted molar refractivity (Wildman–Crippen MR) is 139 cm³/mol. The van der Waals surface area contributed by atoms with Crippen LogP contribution in [0.1, 0.15) is 27.4 Å². The number of nitrogens with two attached hydrogens (primary N) is 1. The van der Waals surface area contributed by atoms with Crippen LogP contribution in [0.4, 0.5) is 0 Å². The van der Waals surface area contributed by atoms with Crippen LogP contribution in [-0.2, 0) is 16.8 Å². The molecule has 0 unspecified atom stereocenters. The van der Waals surface area contributed by atoms with Crippen LogP contribution >= 0.6 is 0 Å². The molecule has 0 aliphatic rings. The first-order valence-corrected chi connectivity index (χ1v) is 12.4. The van der Waals surface area contributed by atoms with E-state index in [1.165, 1.54) is 0 Å². The van der Waals surface area contributed by atoms with E-state index in [4.69, 9.17) is 33.2 Å². The molecule has 11 heteroatoms. The number of aromatic amines is 1. The molecule has 5 rings (SSSR count). The van der Waals surface area contributed by atoms with E-state index >= 15 is 0 Å². The molecule has 0 fully saturated rings. The summed E-state index contributed by atoms with van der Waals surface area (Å²) in [7, 11) is -4.67. The van der Waals surface area contributed by atoms with Gasteiger partial charge >= 0.3 is 10.4 Å². The molecular formula is C26H23N5O5S. The van der Waals surface area contributed by atoms with Gasteiger partial charge in [-0.3, -0.25) is 23.9 Å². The van der Waals surface area contributed by atoms with Gasteiger partial charge in [0.05, 0.1) is 22.6 Å². The van der Waals surface area contributed by atoms with Crippen molar-refractivity contribution in [3.8, 4) is 22.6 Å². The van der Waals surface area contributed by atoms with Crippen molar-refractivity contribution in [1.29, 1.82) is 0 Å². The number of imidazole rings is 1. The molecule has 0 bridgehead atoms.